The van der Waals surface area contributed by atoms with Crippen LogP contribution in [0, 0.1) is 23.7 Å². The average Bonchev–Trinajstić information content (AvgIpc) is 3.06. The molecule has 2 saturated carbocycles. The highest BCUT2D eigenvalue weighted by Crippen LogP contribution is 2.58. The zero-order chi connectivity index (χ0) is 20.6. The number of primary amides is 1. The first-order chi connectivity index (χ1) is 13.2. The molecule has 1 aliphatic heterocycles. The van der Waals surface area contributed by atoms with Gasteiger partial charge in [0.2, 0.25) is 6.04 Å². The number of esters is 2. The number of aliphatic hydroxyl groups is 1. The van der Waals surface area contributed by atoms with Gasteiger partial charge in [-0.25, -0.2) is 9.59 Å². The van der Waals surface area contributed by atoms with Gasteiger partial charge in [0, 0.05) is 5.25 Å². The molecule has 0 spiro atoms. The van der Waals surface area contributed by atoms with Crippen molar-refractivity contribution >= 4 is 29.6 Å². The first kappa shape index (κ1) is 21.6. The van der Waals surface area contributed by atoms with Gasteiger partial charge in [0.1, 0.15) is 17.6 Å². The molecule has 3 N–H and O–H groups in total. The number of amides is 1. The molecule has 7 atom stereocenters. The van der Waals surface area contributed by atoms with Crippen LogP contribution in [0.1, 0.15) is 46.5 Å². The van der Waals surface area contributed by atoms with Gasteiger partial charge in [0.25, 0.3) is 0 Å². The van der Waals surface area contributed by atoms with Crippen LogP contribution in [-0.4, -0.2) is 58.8 Å². The second-order valence-electron chi connectivity index (χ2n) is 8.94. The molecular formula is C20H32NO6S+. The number of carbonyl (C=O) groups is 3. The highest BCUT2D eigenvalue weighted by molar-refractivity contribution is 8.00. The summed E-state index contributed by atoms with van der Waals surface area (Å²) in [6.45, 7) is 6.01. The molecule has 3 rings (SSSR count). The van der Waals surface area contributed by atoms with Gasteiger partial charge < -0.3 is 14.6 Å². The van der Waals surface area contributed by atoms with Crippen LogP contribution in [0.25, 0.3) is 0 Å². The molecule has 3 unspecified atom stereocenters. The van der Waals surface area contributed by atoms with E-state index in [1.54, 1.807) is 0 Å². The Kier molecular flexibility index (Phi) is 6.41. The lowest BCUT2D eigenvalue weighted by atomic mass is 9.66. The SMILES string of the molecule is COC(=O)C(CS[C@H]1C2C(=O)OC3CC[C@H](C[C@@H]1C)[C@@]32O)[NH2+]C(=O)CC(C)C. The van der Waals surface area contributed by atoms with Crippen LogP contribution >= 0.6 is 11.8 Å². The Morgan fingerprint density at radius 2 is 2.11 bits per heavy atom. The largest absolute Gasteiger partial charge is 0.465 e. The molecule has 0 aromatic rings. The third kappa shape index (κ3) is 3.83. The zero-order valence-corrected chi connectivity index (χ0v) is 17.9. The zero-order valence-electron chi connectivity index (χ0n) is 17.1. The molecule has 0 aromatic heterocycles. The maximum absolute atomic E-state index is 12.5. The number of hydrogen-bond acceptors (Lipinski definition) is 7. The van der Waals surface area contributed by atoms with E-state index < -0.39 is 29.6 Å². The Morgan fingerprint density at radius 3 is 2.75 bits per heavy atom. The molecule has 28 heavy (non-hydrogen) atoms. The van der Waals surface area contributed by atoms with Gasteiger partial charge in [-0.3, -0.25) is 10.1 Å². The van der Waals surface area contributed by atoms with Gasteiger partial charge in [-0.05, 0) is 37.0 Å². The number of nitrogens with two attached hydrogens (primary N) is 1. The van der Waals surface area contributed by atoms with Gasteiger partial charge in [0.05, 0.1) is 19.3 Å². The highest BCUT2D eigenvalue weighted by atomic mass is 32.2. The molecule has 8 heteroatoms. The fourth-order valence-electron chi connectivity index (χ4n) is 5.21. The van der Waals surface area contributed by atoms with Crippen molar-refractivity contribution in [1.82, 2.24) is 0 Å². The minimum atomic E-state index is -1.08. The number of methoxy groups -OCH3 is 1. The summed E-state index contributed by atoms with van der Waals surface area (Å²) in [7, 11) is 1.31. The molecule has 3 fully saturated rings. The molecular weight excluding hydrogens is 382 g/mol. The average molecular weight is 415 g/mol. The minimum Gasteiger partial charge on any atom is -0.465 e. The van der Waals surface area contributed by atoms with Gasteiger partial charge in [-0.2, -0.15) is 11.8 Å². The van der Waals surface area contributed by atoms with Gasteiger partial charge in [-0.15, -0.1) is 0 Å². The maximum Gasteiger partial charge on any atom is 0.365 e. The van der Waals surface area contributed by atoms with Crippen molar-refractivity contribution in [3.05, 3.63) is 0 Å². The van der Waals surface area contributed by atoms with Crippen LogP contribution in [0.3, 0.4) is 0 Å². The summed E-state index contributed by atoms with van der Waals surface area (Å²) in [4.78, 5) is 36.9. The molecule has 0 aromatic carbocycles. The molecule has 1 heterocycles. The number of quaternary nitrogens is 1. The molecule has 0 bridgehead atoms. The molecule has 158 valence electrons. The standard InChI is InChI=1S/C20H31NO6S/c1-10(2)7-15(22)21-13(18(23)26-4)9-28-17-11(3)8-12-5-6-14-20(12,25)16(17)19(24)27-14/h10-14,16-17,25H,5-9H2,1-4H3,(H,21,22)/p+1/t11-,12+,13?,14?,16?,17+,20+/m0/s1. The van der Waals surface area contributed by atoms with Crippen LogP contribution in [0.5, 0.6) is 0 Å². The van der Waals surface area contributed by atoms with Crippen molar-refractivity contribution in [2.45, 2.75) is 69.5 Å². The van der Waals surface area contributed by atoms with Crippen LogP contribution in [0.2, 0.25) is 0 Å². The number of hydrogen-bond donors (Lipinski definition) is 2. The Bertz CT molecular complexity index is 640. The van der Waals surface area contributed by atoms with Crippen LogP contribution in [-0.2, 0) is 23.9 Å². The Morgan fingerprint density at radius 1 is 1.39 bits per heavy atom. The Hall–Kier alpha value is -1.12. The van der Waals surface area contributed by atoms with Gasteiger partial charge >= 0.3 is 17.8 Å². The smallest absolute Gasteiger partial charge is 0.365 e. The summed E-state index contributed by atoms with van der Waals surface area (Å²) >= 11 is 1.48. The van der Waals surface area contributed by atoms with E-state index >= 15 is 0 Å². The van der Waals surface area contributed by atoms with Crippen molar-refractivity contribution in [3.8, 4) is 0 Å². The summed E-state index contributed by atoms with van der Waals surface area (Å²) in [6, 6.07) is -0.655. The summed E-state index contributed by atoms with van der Waals surface area (Å²) in [6.07, 6.45) is 2.43. The second kappa shape index (κ2) is 8.32. The monoisotopic (exact) mass is 414 g/mol. The van der Waals surface area contributed by atoms with E-state index in [2.05, 4.69) is 6.92 Å². The summed E-state index contributed by atoms with van der Waals surface area (Å²) in [5.74, 6) is -0.535. The topological polar surface area (TPSA) is 107 Å². The predicted molar refractivity (Wildman–Crippen MR) is 103 cm³/mol. The fraction of sp³-hybridized carbons (Fsp3) is 0.850. The lowest BCUT2D eigenvalue weighted by molar-refractivity contribution is -0.590. The lowest BCUT2D eigenvalue weighted by Gasteiger charge is -2.44. The number of thioether (sulfide) groups is 1. The minimum absolute atomic E-state index is 0.0717. The van der Waals surface area contributed by atoms with E-state index in [4.69, 9.17) is 9.47 Å². The number of carbonyl (C=O) groups excluding carboxylic acids is 3. The number of rotatable bonds is 7. The van der Waals surface area contributed by atoms with Crippen molar-refractivity contribution in [1.29, 1.82) is 0 Å². The van der Waals surface area contributed by atoms with Gasteiger partial charge in [0.15, 0.2) is 0 Å². The van der Waals surface area contributed by atoms with E-state index in [1.807, 2.05) is 13.8 Å². The Labute approximate surface area is 170 Å². The molecule has 0 radical (unpaired) electrons. The molecule has 2 aliphatic carbocycles. The lowest BCUT2D eigenvalue weighted by Crippen LogP contribution is -2.96. The normalized spacial score (nSPS) is 37.5. The van der Waals surface area contributed by atoms with E-state index in [9.17, 15) is 19.5 Å². The highest BCUT2D eigenvalue weighted by Gasteiger charge is 2.68. The maximum atomic E-state index is 12.5. The van der Waals surface area contributed by atoms with Crippen molar-refractivity contribution in [2.75, 3.05) is 12.9 Å². The number of ether oxygens (including phenoxy) is 2. The van der Waals surface area contributed by atoms with Crippen molar-refractivity contribution in [2.24, 2.45) is 23.7 Å². The Balaban J connectivity index is 1.71. The summed E-state index contributed by atoms with van der Waals surface area (Å²) in [5, 5.41) is 12.6. The van der Waals surface area contributed by atoms with Gasteiger partial charge in [-0.1, -0.05) is 20.8 Å². The van der Waals surface area contributed by atoms with E-state index in [0.717, 1.165) is 19.3 Å². The van der Waals surface area contributed by atoms with Crippen molar-refractivity contribution < 1.29 is 34.3 Å². The summed E-state index contributed by atoms with van der Waals surface area (Å²) in [5.41, 5.74) is -1.08. The predicted octanol–water partition coefficient (Wildman–Crippen LogP) is 0.488. The fourth-order valence-corrected chi connectivity index (χ4v) is 6.83. The first-order valence-corrected chi connectivity index (χ1v) is 11.2. The molecule has 7 nitrogen and oxygen atoms in total. The van der Waals surface area contributed by atoms with E-state index in [0.29, 0.717) is 12.2 Å². The third-order valence-electron chi connectivity index (χ3n) is 6.47. The molecule has 1 amide bonds. The van der Waals surface area contributed by atoms with E-state index in [1.165, 1.54) is 24.2 Å². The van der Waals surface area contributed by atoms with Crippen LogP contribution in [0.15, 0.2) is 0 Å². The van der Waals surface area contributed by atoms with Crippen LogP contribution in [0.4, 0.5) is 0 Å². The van der Waals surface area contributed by atoms with Crippen molar-refractivity contribution in [3.63, 3.8) is 0 Å². The second-order valence-corrected chi connectivity index (χ2v) is 10.1. The van der Waals surface area contributed by atoms with Crippen LogP contribution < -0.4 is 5.32 Å². The molecule has 1 saturated heterocycles. The van der Waals surface area contributed by atoms with E-state index in [-0.39, 0.29) is 34.9 Å². The quantitative estimate of drug-likeness (QED) is 0.584. The molecule has 3 aliphatic rings. The first-order valence-electron chi connectivity index (χ1n) is 10.2. The summed E-state index contributed by atoms with van der Waals surface area (Å²) < 4.78 is 10.4. The third-order valence-corrected chi connectivity index (χ3v) is 8.15.